The van der Waals surface area contributed by atoms with Gasteiger partial charge in [0.25, 0.3) is 0 Å². The van der Waals surface area contributed by atoms with E-state index in [4.69, 9.17) is 0 Å². The Morgan fingerprint density at radius 2 is 1.71 bits per heavy atom. The van der Waals surface area contributed by atoms with Crippen LogP contribution in [0, 0.1) is 0 Å². The summed E-state index contributed by atoms with van der Waals surface area (Å²) in [5.74, 6) is 0. The Morgan fingerprint density at radius 3 is 2.26 bits per heavy atom. The molecule has 1 atom stereocenters. The third-order valence-corrected chi connectivity index (χ3v) is 6.92. The molecule has 0 amide bonds. The van der Waals surface area contributed by atoms with Crippen LogP contribution in [0.5, 0.6) is 0 Å². The van der Waals surface area contributed by atoms with E-state index < -0.39 is 11.9 Å². The fourth-order valence-electron chi connectivity index (χ4n) is 3.40. The molecule has 1 aromatic heterocycles. The van der Waals surface area contributed by atoms with Gasteiger partial charge in [0.1, 0.15) is 0 Å². The van der Waals surface area contributed by atoms with Crippen LogP contribution in [0.25, 0.3) is 5.57 Å². The van der Waals surface area contributed by atoms with Crippen molar-refractivity contribution in [2.75, 3.05) is 5.32 Å². The predicted molar refractivity (Wildman–Crippen MR) is 132 cm³/mol. The summed E-state index contributed by atoms with van der Waals surface area (Å²) in [4.78, 5) is 1.24. The van der Waals surface area contributed by atoms with Gasteiger partial charge in [-0.15, -0.1) is 11.3 Å². The zero-order valence-electron chi connectivity index (χ0n) is 19.1. The summed E-state index contributed by atoms with van der Waals surface area (Å²) in [6.07, 6.45) is 8.80. The zero-order valence-corrected chi connectivity index (χ0v) is 20.0. The fraction of sp³-hybridized carbons (Fsp3) is 0.462. The number of thiophene rings is 1. The summed E-state index contributed by atoms with van der Waals surface area (Å²) in [5.41, 5.74) is 2.21. The summed E-state index contributed by atoms with van der Waals surface area (Å²) < 4.78 is 0. The quantitative estimate of drug-likeness (QED) is 0.237. The molecule has 2 aromatic rings. The summed E-state index contributed by atoms with van der Waals surface area (Å²) in [6.45, 7) is 8.33. The van der Waals surface area contributed by atoms with Crippen molar-refractivity contribution < 1.29 is 15.3 Å². The monoisotopic (exact) mass is 443 g/mol. The van der Waals surface area contributed by atoms with Gasteiger partial charge < -0.3 is 20.6 Å². The van der Waals surface area contributed by atoms with Gasteiger partial charge in [-0.3, -0.25) is 0 Å². The number of aliphatic hydroxyl groups excluding tert-OH is 1. The molecule has 1 unspecified atom stereocenters. The van der Waals surface area contributed by atoms with Crippen molar-refractivity contribution in [3.8, 4) is 0 Å². The van der Waals surface area contributed by atoms with Crippen LogP contribution in [0.1, 0.15) is 75.7 Å². The van der Waals surface area contributed by atoms with Gasteiger partial charge in [-0.1, -0.05) is 70.2 Å². The molecule has 4 nitrogen and oxygen atoms in total. The van der Waals surface area contributed by atoms with Crippen molar-refractivity contribution in [1.82, 2.24) is 0 Å². The molecule has 0 aliphatic heterocycles. The highest BCUT2D eigenvalue weighted by Crippen LogP contribution is 2.31. The molecule has 0 aliphatic rings. The minimum atomic E-state index is -1.42. The lowest BCUT2D eigenvalue weighted by atomic mass is 9.97. The van der Waals surface area contributed by atoms with Crippen molar-refractivity contribution in [3.63, 3.8) is 0 Å². The highest BCUT2D eigenvalue weighted by Gasteiger charge is 2.17. The summed E-state index contributed by atoms with van der Waals surface area (Å²) in [5, 5.41) is 33.7. The van der Waals surface area contributed by atoms with Crippen LogP contribution in [0.2, 0.25) is 0 Å². The molecule has 170 valence electrons. The highest BCUT2D eigenvalue weighted by atomic mass is 32.1. The largest absolute Gasteiger partial charge is 0.386 e. The van der Waals surface area contributed by atoms with Crippen molar-refractivity contribution in [3.05, 3.63) is 70.6 Å². The molecule has 0 spiro atoms. The van der Waals surface area contributed by atoms with Crippen LogP contribution in [-0.2, 0) is 6.42 Å². The summed E-state index contributed by atoms with van der Waals surface area (Å²) in [6, 6.07) is 12.0. The number of aliphatic hydroxyl groups is 3. The summed E-state index contributed by atoms with van der Waals surface area (Å²) >= 11 is 1.75. The standard InChI is InChI=1S/C26H37NO3S/c1-5-20(10-9-17-26(30,7-3)8-4)23-15-16-24(31-23)27-22(6-2)18-19-11-13-21(14-12-19)25(28)29/h9-17,22,25,27-30H,5-8,18H2,1-4H3. The molecule has 1 heterocycles. The predicted octanol–water partition coefficient (Wildman–Crippen LogP) is 6.07. The minimum Gasteiger partial charge on any atom is -0.386 e. The van der Waals surface area contributed by atoms with Gasteiger partial charge in [0.2, 0.25) is 0 Å². The van der Waals surface area contributed by atoms with E-state index in [1.807, 2.05) is 38.1 Å². The maximum absolute atomic E-state index is 10.4. The van der Waals surface area contributed by atoms with Crippen LogP contribution in [0.15, 0.2) is 54.6 Å². The van der Waals surface area contributed by atoms with Gasteiger partial charge in [0, 0.05) is 16.5 Å². The van der Waals surface area contributed by atoms with Crippen molar-refractivity contribution in [1.29, 1.82) is 0 Å². The molecular formula is C26H37NO3S. The Labute approximate surface area is 191 Å². The maximum Gasteiger partial charge on any atom is 0.178 e. The number of hydrogen-bond donors (Lipinski definition) is 4. The molecule has 31 heavy (non-hydrogen) atoms. The topological polar surface area (TPSA) is 72.7 Å². The van der Waals surface area contributed by atoms with Gasteiger partial charge in [-0.2, -0.15) is 0 Å². The second kappa shape index (κ2) is 12.2. The van der Waals surface area contributed by atoms with E-state index in [0.29, 0.717) is 24.4 Å². The van der Waals surface area contributed by atoms with E-state index >= 15 is 0 Å². The molecule has 0 fully saturated rings. The first-order valence-electron chi connectivity index (χ1n) is 11.3. The van der Waals surface area contributed by atoms with Gasteiger partial charge >= 0.3 is 0 Å². The Morgan fingerprint density at radius 1 is 1.03 bits per heavy atom. The van der Waals surface area contributed by atoms with Crippen LogP contribution < -0.4 is 5.32 Å². The van der Waals surface area contributed by atoms with Crippen LogP contribution in [0.3, 0.4) is 0 Å². The minimum absolute atomic E-state index is 0.300. The lowest BCUT2D eigenvalue weighted by Crippen LogP contribution is -2.22. The third kappa shape index (κ3) is 7.62. The smallest absolute Gasteiger partial charge is 0.178 e. The highest BCUT2D eigenvalue weighted by molar-refractivity contribution is 7.17. The van der Waals surface area contributed by atoms with Crippen LogP contribution >= 0.6 is 11.3 Å². The number of nitrogens with one attached hydrogen (secondary N) is 1. The molecule has 0 bridgehead atoms. The number of rotatable bonds is 12. The first-order valence-corrected chi connectivity index (χ1v) is 12.1. The normalized spacial score (nSPS) is 13.9. The second-order valence-corrected chi connectivity index (χ2v) is 9.03. The lowest BCUT2D eigenvalue weighted by molar-refractivity contribution is -0.0424. The third-order valence-electron chi connectivity index (χ3n) is 5.83. The van der Waals surface area contributed by atoms with E-state index in [0.717, 1.165) is 24.3 Å². The molecule has 1 aromatic carbocycles. The SMILES string of the molecule is CCC(=CC=CC(O)(CC)CC)c1ccc(NC(CC)Cc2ccc(C(O)O)cc2)s1. The molecule has 0 saturated heterocycles. The van der Waals surface area contributed by atoms with Gasteiger partial charge in [-0.05, 0) is 55.4 Å². The van der Waals surface area contributed by atoms with E-state index in [-0.39, 0.29) is 0 Å². The van der Waals surface area contributed by atoms with E-state index in [2.05, 4.69) is 37.4 Å². The van der Waals surface area contributed by atoms with Crippen molar-refractivity contribution >= 4 is 21.9 Å². The maximum atomic E-state index is 10.4. The van der Waals surface area contributed by atoms with E-state index in [1.165, 1.54) is 16.0 Å². The Kier molecular flexibility index (Phi) is 9.97. The average molecular weight is 444 g/mol. The van der Waals surface area contributed by atoms with Crippen LogP contribution in [-0.4, -0.2) is 27.0 Å². The lowest BCUT2D eigenvalue weighted by Gasteiger charge is -2.19. The fourth-order valence-corrected chi connectivity index (χ4v) is 4.48. The van der Waals surface area contributed by atoms with Gasteiger partial charge in [0.15, 0.2) is 6.29 Å². The molecule has 2 rings (SSSR count). The Balaban J connectivity index is 2.05. The number of allylic oxidation sites excluding steroid dienone is 3. The number of anilines is 1. The molecular weight excluding hydrogens is 406 g/mol. The molecule has 4 N–H and O–H groups in total. The average Bonchev–Trinajstić information content (AvgIpc) is 3.24. The van der Waals surface area contributed by atoms with Crippen LogP contribution in [0.4, 0.5) is 5.00 Å². The van der Waals surface area contributed by atoms with Gasteiger partial charge in [-0.25, -0.2) is 0 Å². The summed E-state index contributed by atoms with van der Waals surface area (Å²) in [7, 11) is 0. The molecule has 0 saturated carbocycles. The van der Waals surface area contributed by atoms with Crippen molar-refractivity contribution in [2.45, 2.75) is 77.7 Å². The number of benzene rings is 1. The van der Waals surface area contributed by atoms with Gasteiger partial charge in [0.05, 0.1) is 10.6 Å². The van der Waals surface area contributed by atoms with E-state index in [9.17, 15) is 15.3 Å². The Bertz CT molecular complexity index is 848. The van der Waals surface area contributed by atoms with E-state index in [1.54, 1.807) is 23.5 Å². The Hall–Kier alpha value is -1.92. The first-order chi connectivity index (χ1) is 14.8. The molecule has 0 aliphatic carbocycles. The second-order valence-electron chi connectivity index (χ2n) is 7.95. The zero-order chi connectivity index (χ0) is 22.9. The number of hydrogen-bond acceptors (Lipinski definition) is 5. The van der Waals surface area contributed by atoms with Crippen molar-refractivity contribution in [2.24, 2.45) is 0 Å². The molecule has 5 heteroatoms. The molecule has 0 radical (unpaired) electrons. The first kappa shape index (κ1) is 25.3.